The van der Waals surface area contributed by atoms with E-state index in [9.17, 15) is 0 Å². The first-order chi connectivity index (χ1) is 8.13. The van der Waals surface area contributed by atoms with E-state index in [2.05, 4.69) is 43.1 Å². The SMILES string of the molecule is CC(N)c1ccccc1C12CCN(C)CC1C2.Cl.Cl. The largest absolute Gasteiger partial charge is 0.324 e. The van der Waals surface area contributed by atoms with Crippen molar-refractivity contribution < 1.29 is 0 Å². The van der Waals surface area contributed by atoms with Crippen LogP contribution in [0.15, 0.2) is 24.3 Å². The quantitative estimate of drug-likeness (QED) is 0.909. The molecular weight excluding hydrogens is 279 g/mol. The van der Waals surface area contributed by atoms with Crippen molar-refractivity contribution in [3.05, 3.63) is 35.4 Å². The summed E-state index contributed by atoms with van der Waals surface area (Å²) in [6.45, 7) is 4.58. The molecule has 0 aromatic heterocycles. The minimum Gasteiger partial charge on any atom is -0.324 e. The van der Waals surface area contributed by atoms with Gasteiger partial charge in [-0.05, 0) is 50.4 Å². The van der Waals surface area contributed by atoms with Crippen molar-refractivity contribution in [3.63, 3.8) is 0 Å². The number of nitrogens with two attached hydrogens (primary N) is 1. The summed E-state index contributed by atoms with van der Waals surface area (Å²) in [5.74, 6) is 0.862. The van der Waals surface area contributed by atoms with Gasteiger partial charge in [-0.25, -0.2) is 0 Å². The summed E-state index contributed by atoms with van der Waals surface area (Å²) < 4.78 is 0. The van der Waals surface area contributed by atoms with Crippen molar-refractivity contribution in [2.45, 2.75) is 31.2 Å². The summed E-state index contributed by atoms with van der Waals surface area (Å²) in [4.78, 5) is 2.46. The van der Waals surface area contributed by atoms with Crippen molar-refractivity contribution in [2.75, 3.05) is 20.1 Å². The summed E-state index contributed by atoms with van der Waals surface area (Å²) in [6.07, 6.45) is 2.67. The molecule has 1 aromatic carbocycles. The van der Waals surface area contributed by atoms with Crippen LogP contribution in [0.25, 0.3) is 0 Å². The second-order valence-electron chi connectivity index (χ2n) is 5.95. The topological polar surface area (TPSA) is 29.3 Å². The third-order valence-corrected chi connectivity index (χ3v) is 4.69. The van der Waals surface area contributed by atoms with Crippen molar-refractivity contribution >= 4 is 24.8 Å². The Morgan fingerprint density at radius 3 is 2.63 bits per heavy atom. The maximum atomic E-state index is 6.12. The number of likely N-dealkylation sites (tertiary alicyclic amines) is 1. The predicted octanol–water partition coefficient (Wildman–Crippen LogP) is 3.14. The minimum absolute atomic E-state index is 0. The van der Waals surface area contributed by atoms with Gasteiger partial charge >= 0.3 is 0 Å². The lowest BCUT2D eigenvalue weighted by atomic mass is 9.83. The highest BCUT2D eigenvalue weighted by atomic mass is 35.5. The summed E-state index contributed by atoms with van der Waals surface area (Å²) in [6, 6.07) is 8.96. The van der Waals surface area contributed by atoms with E-state index in [1.54, 1.807) is 0 Å². The Kier molecular flexibility index (Phi) is 5.30. The maximum absolute atomic E-state index is 6.12. The third kappa shape index (κ3) is 2.78. The number of hydrogen-bond acceptors (Lipinski definition) is 2. The van der Waals surface area contributed by atoms with Gasteiger partial charge in [0.1, 0.15) is 0 Å². The predicted molar refractivity (Wildman–Crippen MR) is 85.4 cm³/mol. The maximum Gasteiger partial charge on any atom is 0.0269 e. The van der Waals surface area contributed by atoms with E-state index in [0.29, 0.717) is 5.41 Å². The van der Waals surface area contributed by atoms with Gasteiger partial charge in [0.15, 0.2) is 0 Å². The van der Waals surface area contributed by atoms with Gasteiger partial charge in [0.2, 0.25) is 0 Å². The normalized spacial score (nSPS) is 30.6. The van der Waals surface area contributed by atoms with Crippen LogP contribution in [0, 0.1) is 5.92 Å². The van der Waals surface area contributed by atoms with E-state index in [1.165, 1.54) is 37.1 Å². The molecule has 3 atom stereocenters. The minimum atomic E-state index is 0. The Morgan fingerprint density at radius 1 is 1.32 bits per heavy atom. The van der Waals surface area contributed by atoms with Crippen molar-refractivity contribution in [2.24, 2.45) is 11.7 Å². The molecule has 1 heterocycles. The molecule has 3 unspecified atom stereocenters. The molecule has 108 valence electrons. The summed E-state index contributed by atoms with van der Waals surface area (Å²) in [5, 5.41) is 0. The zero-order valence-electron chi connectivity index (χ0n) is 11.6. The van der Waals surface area contributed by atoms with E-state index < -0.39 is 0 Å². The van der Waals surface area contributed by atoms with Crippen molar-refractivity contribution in [1.82, 2.24) is 4.90 Å². The fraction of sp³-hybridized carbons (Fsp3) is 0.600. The van der Waals surface area contributed by atoms with Crippen molar-refractivity contribution in [1.29, 1.82) is 0 Å². The standard InChI is InChI=1S/C15H22N2.2ClH/c1-11(16)13-5-3-4-6-14(13)15-7-8-17(2)10-12(15)9-15;;/h3-6,11-12H,7-10,16H2,1-2H3;2*1H. The molecule has 1 aromatic rings. The third-order valence-electron chi connectivity index (χ3n) is 4.69. The molecule has 2 N–H and O–H groups in total. The molecule has 0 bridgehead atoms. The average molecular weight is 303 g/mol. The monoisotopic (exact) mass is 302 g/mol. The Labute approximate surface area is 128 Å². The molecule has 19 heavy (non-hydrogen) atoms. The summed E-state index contributed by atoms with van der Waals surface area (Å²) in [7, 11) is 2.24. The molecule has 1 saturated heterocycles. The lowest BCUT2D eigenvalue weighted by Gasteiger charge is -2.31. The zero-order valence-corrected chi connectivity index (χ0v) is 13.3. The van der Waals surface area contributed by atoms with Crippen LogP contribution in [-0.4, -0.2) is 25.0 Å². The molecule has 4 heteroatoms. The molecule has 0 spiro atoms. The Bertz CT molecular complexity index is 436. The zero-order chi connectivity index (χ0) is 12.0. The van der Waals surface area contributed by atoms with E-state index >= 15 is 0 Å². The summed E-state index contributed by atoms with van der Waals surface area (Å²) >= 11 is 0. The van der Waals surface area contributed by atoms with Crippen LogP contribution < -0.4 is 5.73 Å². The van der Waals surface area contributed by atoms with Gasteiger partial charge in [0, 0.05) is 18.0 Å². The van der Waals surface area contributed by atoms with Crippen molar-refractivity contribution in [3.8, 4) is 0 Å². The van der Waals surface area contributed by atoms with Gasteiger partial charge in [-0.1, -0.05) is 24.3 Å². The van der Waals surface area contributed by atoms with Gasteiger partial charge in [-0.2, -0.15) is 0 Å². The number of halogens is 2. The highest BCUT2D eigenvalue weighted by Crippen LogP contribution is 2.60. The first kappa shape index (κ1) is 16.8. The molecule has 0 amide bonds. The molecule has 0 radical (unpaired) electrons. The van der Waals surface area contributed by atoms with Gasteiger partial charge in [-0.15, -0.1) is 24.8 Å². The van der Waals surface area contributed by atoms with Crippen LogP contribution in [0.1, 0.15) is 36.9 Å². The van der Waals surface area contributed by atoms with Gasteiger partial charge in [0.25, 0.3) is 0 Å². The molecule has 2 nitrogen and oxygen atoms in total. The summed E-state index contributed by atoms with van der Waals surface area (Å²) in [5.41, 5.74) is 9.48. The molecule has 2 fully saturated rings. The first-order valence-electron chi connectivity index (χ1n) is 6.67. The Morgan fingerprint density at radius 2 is 2.00 bits per heavy atom. The molecular formula is C15H24Cl2N2. The fourth-order valence-electron chi connectivity index (χ4n) is 3.60. The number of rotatable bonds is 2. The number of nitrogens with zero attached hydrogens (tertiary/aromatic N) is 1. The average Bonchev–Trinajstić information content (AvgIpc) is 3.03. The van der Waals surface area contributed by atoms with Crippen LogP contribution in [0.5, 0.6) is 0 Å². The van der Waals surface area contributed by atoms with E-state index in [0.717, 1.165) is 5.92 Å². The van der Waals surface area contributed by atoms with Crippen LogP contribution in [0.4, 0.5) is 0 Å². The first-order valence-corrected chi connectivity index (χ1v) is 6.67. The molecule has 1 saturated carbocycles. The Balaban J connectivity index is 0.000000902. The number of fused-ring (bicyclic) bond motifs is 1. The van der Waals surface area contributed by atoms with Crippen LogP contribution in [0.3, 0.4) is 0 Å². The fourth-order valence-corrected chi connectivity index (χ4v) is 3.60. The van der Waals surface area contributed by atoms with Gasteiger partial charge < -0.3 is 10.6 Å². The van der Waals surface area contributed by atoms with E-state index in [4.69, 9.17) is 5.73 Å². The van der Waals surface area contributed by atoms with Crippen LogP contribution in [0.2, 0.25) is 0 Å². The second-order valence-corrected chi connectivity index (χ2v) is 5.95. The van der Waals surface area contributed by atoms with E-state index in [1.807, 2.05) is 0 Å². The molecule has 3 rings (SSSR count). The Hall–Kier alpha value is -0.280. The highest BCUT2D eigenvalue weighted by Gasteiger charge is 2.57. The number of piperidine rings is 1. The highest BCUT2D eigenvalue weighted by molar-refractivity contribution is 5.85. The lowest BCUT2D eigenvalue weighted by Crippen LogP contribution is -2.34. The second kappa shape index (κ2) is 6.01. The molecule has 2 aliphatic rings. The van der Waals surface area contributed by atoms with Crippen LogP contribution in [-0.2, 0) is 5.41 Å². The smallest absolute Gasteiger partial charge is 0.0269 e. The van der Waals surface area contributed by atoms with Crippen LogP contribution >= 0.6 is 24.8 Å². The molecule has 1 aliphatic heterocycles. The number of benzene rings is 1. The number of hydrogen-bond donors (Lipinski definition) is 1. The van der Waals surface area contributed by atoms with E-state index in [-0.39, 0.29) is 30.9 Å². The molecule has 1 aliphatic carbocycles. The van der Waals surface area contributed by atoms with Gasteiger partial charge in [0.05, 0.1) is 0 Å². The van der Waals surface area contributed by atoms with Gasteiger partial charge in [-0.3, -0.25) is 0 Å². The lowest BCUT2D eigenvalue weighted by molar-refractivity contribution is 0.247.